The Balaban J connectivity index is 0.000000356. The van der Waals surface area contributed by atoms with Crippen molar-refractivity contribution in [3.05, 3.63) is 64.2 Å². The summed E-state index contributed by atoms with van der Waals surface area (Å²) in [7, 11) is 0. The first-order valence-corrected chi connectivity index (χ1v) is 13.6. The number of nitrogens with zero attached hydrogens (tertiary/aromatic N) is 1. The van der Waals surface area contributed by atoms with Gasteiger partial charge in [0.05, 0.1) is 11.6 Å². The predicted octanol–water partition coefficient (Wildman–Crippen LogP) is 8.13. The molecule has 2 aromatic carbocycles. The first kappa shape index (κ1) is 31.1. The van der Waals surface area contributed by atoms with Gasteiger partial charge in [0.25, 0.3) is 0 Å². The third-order valence-corrected chi connectivity index (χ3v) is 7.17. The first-order chi connectivity index (χ1) is 17.2. The monoisotopic (exact) mass is 490 g/mol. The zero-order valence-electron chi connectivity index (χ0n) is 23.5. The van der Waals surface area contributed by atoms with E-state index in [4.69, 9.17) is 5.26 Å². The van der Waals surface area contributed by atoms with Crippen LogP contribution in [0.1, 0.15) is 101 Å². The van der Waals surface area contributed by atoms with E-state index in [1.54, 1.807) is 13.0 Å². The quantitative estimate of drug-likeness (QED) is 0.444. The second-order valence-electron chi connectivity index (χ2n) is 9.73. The molecule has 2 aromatic rings. The largest absolute Gasteiger partial charge is 0.326 e. The topological polar surface area (TPSA) is 70.0 Å². The van der Waals surface area contributed by atoms with Gasteiger partial charge < -0.3 is 10.1 Å². The van der Waals surface area contributed by atoms with Crippen molar-refractivity contribution in [3.63, 3.8) is 0 Å². The third kappa shape index (κ3) is 10.4. The van der Waals surface area contributed by atoms with Crippen LogP contribution >= 0.6 is 0 Å². The lowest BCUT2D eigenvalue weighted by Gasteiger charge is -2.27. The Morgan fingerprint density at radius 3 is 1.94 bits per heavy atom. The van der Waals surface area contributed by atoms with Crippen LogP contribution in [0.4, 0.5) is 5.69 Å². The number of ketones is 1. The molecule has 1 N–H and O–H groups in total. The van der Waals surface area contributed by atoms with Crippen molar-refractivity contribution in [2.24, 2.45) is 11.8 Å². The molecule has 0 bridgehead atoms. The molecule has 3 rings (SSSR count). The number of rotatable bonds is 6. The number of carbonyl (C=O) groups is 2. The van der Waals surface area contributed by atoms with Crippen LogP contribution in [0.5, 0.6) is 0 Å². The maximum Gasteiger partial charge on any atom is 0.227 e. The molecule has 0 saturated heterocycles. The van der Waals surface area contributed by atoms with Gasteiger partial charge >= 0.3 is 0 Å². The van der Waals surface area contributed by atoms with Crippen molar-refractivity contribution in [2.45, 2.75) is 99.8 Å². The molecule has 1 aliphatic carbocycles. The number of hydrogen-bond acceptors (Lipinski definition) is 3. The van der Waals surface area contributed by atoms with Crippen LogP contribution in [0.25, 0.3) is 0 Å². The van der Waals surface area contributed by atoms with Crippen molar-refractivity contribution in [1.82, 2.24) is 0 Å². The Bertz CT molecular complexity index is 991. The van der Waals surface area contributed by atoms with Crippen molar-refractivity contribution in [2.75, 3.05) is 5.32 Å². The summed E-state index contributed by atoms with van der Waals surface area (Å²) in [5.41, 5.74) is 6.77. The molecule has 0 aliphatic heterocycles. The Hall–Kier alpha value is -2.93. The lowest BCUT2D eigenvalue weighted by atomic mass is 9.80. The van der Waals surface area contributed by atoms with Gasteiger partial charge in [0.1, 0.15) is 5.78 Å². The summed E-state index contributed by atoms with van der Waals surface area (Å²) in [6.07, 6.45) is 8.17. The van der Waals surface area contributed by atoms with E-state index in [1.807, 2.05) is 26.0 Å². The summed E-state index contributed by atoms with van der Waals surface area (Å²) in [5.74, 6) is 1.29. The summed E-state index contributed by atoms with van der Waals surface area (Å²) >= 11 is 0. The van der Waals surface area contributed by atoms with E-state index in [0.717, 1.165) is 55.7 Å². The number of benzene rings is 2. The number of anilines is 1. The number of amides is 1. The molecule has 4 nitrogen and oxygen atoms in total. The van der Waals surface area contributed by atoms with Crippen LogP contribution in [-0.4, -0.2) is 11.7 Å². The zero-order valence-corrected chi connectivity index (χ0v) is 23.5. The van der Waals surface area contributed by atoms with Gasteiger partial charge in [-0.25, -0.2) is 0 Å². The molecule has 1 aliphatic rings. The van der Waals surface area contributed by atoms with Gasteiger partial charge in [-0.2, -0.15) is 5.26 Å². The van der Waals surface area contributed by atoms with Crippen LogP contribution in [0.15, 0.2) is 36.4 Å². The summed E-state index contributed by atoms with van der Waals surface area (Å²) < 4.78 is 0. The maximum absolute atomic E-state index is 12.3. The minimum absolute atomic E-state index is 0.109. The fourth-order valence-corrected chi connectivity index (χ4v) is 4.55. The minimum atomic E-state index is 0.109. The van der Waals surface area contributed by atoms with Gasteiger partial charge in [-0.1, -0.05) is 58.4 Å². The molecule has 0 atom stereocenters. The average Bonchev–Trinajstić information content (AvgIpc) is 2.89. The molecule has 0 spiro atoms. The first-order valence-electron chi connectivity index (χ1n) is 13.6. The SMILES string of the molecule is CCC(C)=O.CCc1c(C)cccc1C.CCc1ccc(NC(=O)C2CCC(CC)CC2)cc1C#N. The fourth-order valence-electron chi connectivity index (χ4n) is 4.55. The Labute approximate surface area is 219 Å². The van der Waals surface area contributed by atoms with Crippen molar-refractivity contribution < 1.29 is 9.59 Å². The molecular weight excluding hydrogens is 444 g/mol. The number of hydrogen-bond donors (Lipinski definition) is 1. The standard InChI is InChI=1S/C18H24N2O.C10H14.C4H8O/c1-3-13-5-7-15(8-6-13)18(21)20-17-10-9-14(4-2)16(11-17)12-19;1-4-10-8(2)6-5-7-9(10)3;1-3-4(2)5/h9-11,13,15H,3-8H2,1-2H3,(H,20,21);5-7H,4H2,1-3H3;3H2,1-2H3. The highest BCUT2D eigenvalue weighted by molar-refractivity contribution is 5.92. The predicted molar refractivity (Wildman–Crippen MR) is 151 cm³/mol. The van der Waals surface area contributed by atoms with Gasteiger partial charge in [-0.3, -0.25) is 4.79 Å². The van der Waals surface area contributed by atoms with Crippen LogP contribution < -0.4 is 5.32 Å². The molecule has 0 unspecified atom stereocenters. The van der Waals surface area contributed by atoms with Gasteiger partial charge in [-0.15, -0.1) is 0 Å². The zero-order chi connectivity index (χ0) is 27.1. The second-order valence-corrected chi connectivity index (χ2v) is 9.73. The summed E-state index contributed by atoms with van der Waals surface area (Å²) in [5, 5.41) is 12.1. The summed E-state index contributed by atoms with van der Waals surface area (Å²) in [6.45, 7) is 14.2. The van der Waals surface area contributed by atoms with Gasteiger partial charge in [0.15, 0.2) is 0 Å². The van der Waals surface area contributed by atoms with E-state index in [0.29, 0.717) is 12.0 Å². The molecular formula is C32H46N2O2. The van der Waals surface area contributed by atoms with Crippen LogP contribution in [0.3, 0.4) is 0 Å². The van der Waals surface area contributed by atoms with Gasteiger partial charge in [-0.05, 0) is 99.6 Å². The number of Topliss-reactive ketones (excluding diaryl/α,β-unsaturated/α-hetero) is 1. The summed E-state index contributed by atoms with van der Waals surface area (Å²) in [6, 6.07) is 14.3. The highest BCUT2D eigenvalue weighted by atomic mass is 16.2. The Morgan fingerprint density at radius 1 is 0.944 bits per heavy atom. The molecule has 1 saturated carbocycles. The number of carbonyl (C=O) groups excluding carboxylic acids is 2. The highest BCUT2D eigenvalue weighted by Crippen LogP contribution is 2.31. The molecule has 0 heterocycles. The van der Waals surface area contributed by atoms with E-state index in [1.165, 1.54) is 23.1 Å². The molecule has 4 heteroatoms. The van der Waals surface area contributed by atoms with Gasteiger partial charge in [0, 0.05) is 18.0 Å². The molecule has 1 fully saturated rings. The number of nitrogens with one attached hydrogen (secondary N) is 1. The molecule has 36 heavy (non-hydrogen) atoms. The number of nitriles is 1. The van der Waals surface area contributed by atoms with E-state index in [-0.39, 0.29) is 17.6 Å². The number of aryl methyl sites for hydroxylation is 3. The fraction of sp³-hybridized carbons (Fsp3) is 0.531. The van der Waals surface area contributed by atoms with E-state index in [9.17, 15) is 9.59 Å². The van der Waals surface area contributed by atoms with Crippen LogP contribution in [0.2, 0.25) is 0 Å². The maximum atomic E-state index is 12.3. The van der Waals surface area contributed by atoms with Crippen molar-refractivity contribution in [1.29, 1.82) is 5.26 Å². The Morgan fingerprint density at radius 2 is 1.53 bits per heavy atom. The second kappa shape index (κ2) is 16.7. The average molecular weight is 491 g/mol. The van der Waals surface area contributed by atoms with Gasteiger partial charge in [0.2, 0.25) is 5.91 Å². The van der Waals surface area contributed by atoms with E-state index in [2.05, 4.69) is 57.3 Å². The highest BCUT2D eigenvalue weighted by Gasteiger charge is 2.25. The molecule has 1 amide bonds. The van der Waals surface area contributed by atoms with Crippen molar-refractivity contribution in [3.8, 4) is 6.07 Å². The normalized spacial score (nSPS) is 16.4. The van der Waals surface area contributed by atoms with E-state index >= 15 is 0 Å². The van der Waals surface area contributed by atoms with Crippen LogP contribution in [-0.2, 0) is 22.4 Å². The molecule has 0 aromatic heterocycles. The smallest absolute Gasteiger partial charge is 0.227 e. The molecule has 0 radical (unpaired) electrons. The lowest BCUT2D eigenvalue weighted by Crippen LogP contribution is -2.27. The third-order valence-electron chi connectivity index (χ3n) is 7.17. The van der Waals surface area contributed by atoms with Crippen molar-refractivity contribution >= 4 is 17.4 Å². The minimum Gasteiger partial charge on any atom is -0.326 e. The summed E-state index contributed by atoms with van der Waals surface area (Å²) in [4.78, 5) is 22.1. The Kier molecular flexibility index (Phi) is 14.4. The lowest BCUT2D eigenvalue weighted by molar-refractivity contribution is -0.121. The molecule has 196 valence electrons. The van der Waals surface area contributed by atoms with Crippen LogP contribution in [0, 0.1) is 37.0 Å². The van der Waals surface area contributed by atoms with E-state index < -0.39 is 0 Å².